The molecular weight excluding hydrogens is 460 g/mol. The van der Waals surface area contributed by atoms with Gasteiger partial charge in [0.05, 0.1) is 13.5 Å². The van der Waals surface area contributed by atoms with Crippen molar-refractivity contribution in [1.29, 1.82) is 0 Å². The van der Waals surface area contributed by atoms with E-state index in [-0.39, 0.29) is 44.1 Å². The van der Waals surface area contributed by atoms with E-state index in [0.717, 1.165) is 0 Å². The molecule has 0 aromatic heterocycles. The molecule has 35 heavy (non-hydrogen) atoms. The van der Waals surface area contributed by atoms with Gasteiger partial charge in [0.1, 0.15) is 18.1 Å². The van der Waals surface area contributed by atoms with Crippen LogP contribution in [0.15, 0.2) is 0 Å². The van der Waals surface area contributed by atoms with Gasteiger partial charge in [0, 0.05) is 19.4 Å². The van der Waals surface area contributed by atoms with Gasteiger partial charge in [-0.15, -0.1) is 0 Å². The summed E-state index contributed by atoms with van der Waals surface area (Å²) in [6, 6.07) is -3.02. The van der Waals surface area contributed by atoms with Crippen LogP contribution in [0.5, 0.6) is 0 Å². The highest BCUT2D eigenvalue weighted by Gasteiger charge is 2.30. The number of amides is 4. The van der Waals surface area contributed by atoms with E-state index < -0.39 is 53.7 Å². The molecule has 12 nitrogen and oxygen atoms in total. The largest absolute Gasteiger partial charge is 0.480 e. The first-order valence-electron chi connectivity index (χ1n) is 11.8. The van der Waals surface area contributed by atoms with Crippen molar-refractivity contribution >= 4 is 35.6 Å². The number of carboxylic acids is 1. The summed E-state index contributed by atoms with van der Waals surface area (Å²) in [5, 5.41) is 19.4. The molecule has 0 bridgehead atoms. The molecule has 0 aromatic rings. The van der Waals surface area contributed by atoms with Crippen molar-refractivity contribution in [2.24, 2.45) is 11.8 Å². The van der Waals surface area contributed by atoms with Crippen LogP contribution in [0, 0.1) is 11.8 Å². The van der Waals surface area contributed by atoms with Crippen LogP contribution in [-0.2, 0) is 33.5 Å². The molecular formula is C23H40N4O8. The first-order valence-corrected chi connectivity index (χ1v) is 11.8. The Labute approximate surface area is 206 Å². The van der Waals surface area contributed by atoms with Gasteiger partial charge < -0.3 is 31.1 Å². The molecule has 0 fully saturated rings. The van der Waals surface area contributed by atoms with Gasteiger partial charge in [0.15, 0.2) is 0 Å². The summed E-state index contributed by atoms with van der Waals surface area (Å²) in [7, 11) is 1.22. The number of rotatable bonds is 16. The van der Waals surface area contributed by atoms with Crippen molar-refractivity contribution in [1.82, 2.24) is 21.3 Å². The maximum absolute atomic E-state index is 12.8. The first kappa shape index (κ1) is 31.8. The van der Waals surface area contributed by atoms with Gasteiger partial charge in [-0.3, -0.25) is 24.0 Å². The Morgan fingerprint density at radius 1 is 0.829 bits per heavy atom. The van der Waals surface area contributed by atoms with E-state index in [0.29, 0.717) is 6.42 Å². The summed E-state index contributed by atoms with van der Waals surface area (Å²) in [4.78, 5) is 71.8. The van der Waals surface area contributed by atoms with Crippen molar-refractivity contribution < 1.29 is 38.6 Å². The molecule has 0 aliphatic heterocycles. The molecule has 4 amide bonds. The normalized spacial score (nSPS) is 14.1. The summed E-state index contributed by atoms with van der Waals surface area (Å²) < 4.78 is 4.46. The standard InChI is InChI=1S/C23H40N4O8/c1-7-14(4)20(27-18(29)10-11-24-17(28)8-9-19(30)35-6)22(32)25-15(5)21(31)26-16(23(33)34)12-13(2)3/h13-16,20H,7-12H2,1-6H3,(H,24,28)(H,25,32)(H,26,31)(H,27,29)(H,33,34). The van der Waals surface area contributed by atoms with E-state index in [1.807, 2.05) is 20.8 Å². The highest BCUT2D eigenvalue weighted by molar-refractivity contribution is 5.93. The van der Waals surface area contributed by atoms with E-state index >= 15 is 0 Å². The Balaban J connectivity index is 4.85. The molecule has 0 saturated heterocycles. The molecule has 0 aliphatic rings. The molecule has 0 heterocycles. The topological polar surface area (TPSA) is 180 Å². The SMILES string of the molecule is CCC(C)C(NC(=O)CCNC(=O)CCC(=O)OC)C(=O)NC(C)C(=O)NC(CC(C)C)C(=O)O. The Kier molecular flexibility index (Phi) is 15.0. The zero-order valence-corrected chi connectivity index (χ0v) is 21.4. The third-order valence-corrected chi connectivity index (χ3v) is 5.34. The minimum absolute atomic E-state index is 0.0198. The molecule has 0 aliphatic carbocycles. The van der Waals surface area contributed by atoms with Crippen LogP contribution in [0.1, 0.15) is 66.7 Å². The smallest absolute Gasteiger partial charge is 0.326 e. The van der Waals surface area contributed by atoms with Crippen LogP contribution in [0.25, 0.3) is 0 Å². The average Bonchev–Trinajstić information content (AvgIpc) is 2.79. The number of ether oxygens (including phenoxy) is 1. The minimum atomic E-state index is -1.16. The van der Waals surface area contributed by atoms with Gasteiger partial charge in [-0.1, -0.05) is 34.1 Å². The molecule has 12 heteroatoms. The van der Waals surface area contributed by atoms with Crippen LogP contribution < -0.4 is 21.3 Å². The van der Waals surface area contributed by atoms with E-state index in [2.05, 4.69) is 26.0 Å². The maximum Gasteiger partial charge on any atom is 0.326 e. The highest BCUT2D eigenvalue weighted by Crippen LogP contribution is 2.09. The number of esters is 1. The lowest BCUT2D eigenvalue weighted by molar-refractivity contribution is -0.143. The molecule has 4 unspecified atom stereocenters. The number of carbonyl (C=O) groups is 6. The molecule has 0 aromatic carbocycles. The zero-order valence-electron chi connectivity index (χ0n) is 21.4. The number of nitrogens with one attached hydrogen (secondary N) is 4. The number of methoxy groups -OCH3 is 1. The number of hydrogen-bond acceptors (Lipinski definition) is 7. The van der Waals surface area contributed by atoms with Gasteiger partial charge in [-0.25, -0.2) is 4.79 Å². The Morgan fingerprint density at radius 2 is 1.46 bits per heavy atom. The quantitative estimate of drug-likeness (QED) is 0.185. The fraction of sp³-hybridized carbons (Fsp3) is 0.739. The maximum atomic E-state index is 12.8. The van der Waals surface area contributed by atoms with Crippen molar-refractivity contribution in [3.63, 3.8) is 0 Å². The van der Waals surface area contributed by atoms with Crippen LogP contribution in [-0.4, -0.2) is 72.5 Å². The average molecular weight is 501 g/mol. The summed E-state index contributed by atoms with van der Waals surface area (Å²) in [6.45, 7) is 8.73. The fourth-order valence-electron chi connectivity index (χ4n) is 3.03. The highest BCUT2D eigenvalue weighted by atomic mass is 16.5. The summed E-state index contributed by atoms with van der Waals surface area (Å²) >= 11 is 0. The third-order valence-electron chi connectivity index (χ3n) is 5.34. The van der Waals surface area contributed by atoms with E-state index in [4.69, 9.17) is 0 Å². The van der Waals surface area contributed by atoms with E-state index in [1.165, 1.54) is 14.0 Å². The summed E-state index contributed by atoms with van der Waals surface area (Å²) in [5.74, 6) is -3.98. The van der Waals surface area contributed by atoms with Crippen molar-refractivity contribution in [3.8, 4) is 0 Å². The van der Waals surface area contributed by atoms with Gasteiger partial charge in [0.25, 0.3) is 0 Å². The molecule has 0 rings (SSSR count). The molecule has 200 valence electrons. The van der Waals surface area contributed by atoms with E-state index in [1.54, 1.807) is 6.92 Å². The number of aliphatic carboxylic acids is 1. The lowest BCUT2D eigenvalue weighted by Crippen LogP contribution is -2.56. The Hall–Kier alpha value is -3.18. The lowest BCUT2D eigenvalue weighted by Gasteiger charge is -2.26. The lowest BCUT2D eigenvalue weighted by atomic mass is 9.97. The van der Waals surface area contributed by atoms with Gasteiger partial charge in [-0.05, 0) is 25.2 Å². The molecule has 0 saturated carbocycles. The van der Waals surface area contributed by atoms with Crippen LogP contribution >= 0.6 is 0 Å². The number of carbonyl (C=O) groups excluding carboxylic acids is 5. The first-order chi connectivity index (χ1) is 16.3. The molecule has 0 spiro atoms. The second kappa shape index (κ2) is 16.4. The second-order valence-electron chi connectivity index (χ2n) is 8.87. The Bertz CT molecular complexity index is 756. The van der Waals surface area contributed by atoms with E-state index in [9.17, 15) is 33.9 Å². The minimum Gasteiger partial charge on any atom is -0.480 e. The van der Waals surface area contributed by atoms with Crippen molar-refractivity contribution in [2.75, 3.05) is 13.7 Å². The number of carboxylic acid groups (broad SMARTS) is 1. The Morgan fingerprint density at radius 3 is 1.97 bits per heavy atom. The summed E-state index contributed by atoms with van der Waals surface area (Å²) in [6.07, 6.45) is 0.591. The summed E-state index contributed by atoms with van der Waals surface area (Å²) in [5.41, 5.74) is 0. The predicted octanol–water partition coefficient (Wildman–Crippen LogP) is 0.0970. The monoisotopic (exact) mass is 500 g/mol. The second-order valence-corrected chi connectivity index (χ2v) is 8.87. The van der Waals surface area contributed by atoms with Crippen LogP contribution in [0.2, 0.25) is 0 Å². The van der Waals surface area contributed by atoms with Gasteiger partial charge in [0.2, 0.25) is 23.6 Å². The van der Waals surface area contributed by atoms with Crippen LogP contribution in [0.3, 0.4) is 0 Å². The molecule has 4 atom stereocenters. The van der Waals surface area contributed by atoms with Crippen LogP contribution in [0.4, 0.5) is 0 Å². The zero-order chi connectivity index (χ0) is 27.1. The van der Waals surface area contributed by atoms with Gasteiger partial charge >= 0.3 is 11.9 Å². The third kappa shape index (κ3) is 13.3. The predicted molar refractivity (Wildman–Crippen MR) is 127 cm³/mol. The van der Waals surface area contributed by atoms with Crippen molar-refractivity contribution in [3.05, 3.63) is 0 Å². The molecule has 5 N–H and O–H groups in total. The van der Waals surface area contributed by atoms with Crippen molar-refractivity contribution in [2.45, 2.75) is 84.8 Å². The van der Waals surface area contributed by atoms with Gasteiger partial charge in [-0.2, -0.15) is 0 Å². The molecule has 0 radical (unpaired) electrons. The number of hydrogen-bond donors (Lipinski definition) is 5. The fourth-order valence-corrected chi connectivity index (χ4v) is 3.03.